The van der Waals surface area contributed by atoms with Gasteiger partial charge in [-0.1, -0.05) is 15.9 Å². The summed E-state index contributed by atoms with van der Waals surface area (Å²) >= 11 is 3.47. The summed E-state index contributed by atoms with van der Waals surface area (Å²) in [5.74, 6) is 1.56. The lowest BCUT2D eigenvalue weighted by molar-refractivity contribution is 0.416. The Bertz CT molecular complexity index is 587. The second-order valence-corrected chi connectivity index (χ2v) is 5.11. The van der Waals surface area contributed by atoms with E-state index in [0.717, 1.165) is 33.0 Å². The van der Waals surface area contributed by atoms with Gasteiger partial charge < -0.3 is 10.5 Å². The number of hydrogen-bond donors (Lipinski definition) is 1. The predicted octanol–water partition coefficient (Wildman–Crippen LogP) is 2.72. The summed E-state index contributed by atoms with van der Waals surface area (Å²) < 4.78 is 6.37. The molecule has 0 aliphatic rings. The molecule has 0 amide bonds. The molecule has 0 fully saturated rings. The van der Waals surface area contributed by atoms with Gasteiger partial charge in [0.15, 0.2) is 0 Å². The monoisotopic (exact) mass is 321 g/mol. The summed E-state index contributed by atoms with van der Waals surface area (Å²) in [6.45, 7) is 2.49. The second-order valence-electron chi connectivity index (χ2n) is 4.19. The maximum Gasteiger partial charge on any atom is 0.130 e. The number of hydrogen-bond acceptors (Lipinski definition) is 4. The van der Waals surface area contributed by atoms with Gasteiger partial charge in [0.2, 0.25) is 0 Å². The number of nitrogens with zero attached hydrogens (tertiary/aromatic N) is 2. The van der Waals surface area contributed by atoms with Gasteiger partial charge in [0.1, 0.15) is 11.6 Å². The number of halogens is 1. The summed E-state index contributed by atoms with van der Waals surface area (Å²) in [5, 5.41) is 0. The number of nitrogens with two attached hydrogens (primary N) is 1. The van der Waals surface area contributed by atoms with Crippen LogP contribution >= 0.6 is 15.9 Å². The van der Waals surface area contributed by atoms with E-state index in [4.69, 9.17) is 10.5 Å². The van der Waals surface area contributed by atoms with Crippen molar-refractivity contribution in [3.05, 3.63) is 40.3 Å². The molecule has 0 aliphatic carbocycles. The number of aromatic nitrogens is 2. The Kier molecular flexibility index (Phi) is 4.50. The molecule has 0 aliphatic heterocycles. The van der Waals surface area contributed by atoms with Crippen molar-refractivity contribution in [1.82, 2.24) is 9.97 Å². The minimum atomic E-state index is 0.540. The quantitative estimate of drug-likeness (QED) is 0.940. The lowest BCUT2D eigenvalue weighted by atomic mass is 10.1. The summed E-state index contributed by atoms with van der Waals surface area (Å²) in [7, 11) is 1.65. The van der Waals surface area contributed by atoms with Crippen molar-refractivity contribution in [1.29, 1.82) is 0 Å². The highest BCUT2D eigenvalue weighted by Gasteiger charge is 2.10. The molecule has 0 atom stereocenters. The van der Waals surface area contributed by atoms with Crippen LogP contribution in [-0.2, 0) is 6.42 Å². The standard InChI is InChI=1S/C14H16BrN3O/c1-9-7-12(18-14(17-9)5-6-16)11-8-10(15)3-4-13(11)19-2/h3-4,7-8H,5-6,16H2,1-2H3. The first-order valence-electron chi connectivity index (χ1n) is 6.02. The van der Waals surface area contributed by atoms with E-state index < -0.39 is 0 Å². The van der Waals surface area contributed by atoms with Crippen LogP contribution in [0.3, 0.4) is 0 Å². The van der Waals surface area contributed by atoms with Crippen LogP contribution in [0.5, 0.6) is 5.75 Å². The number of methoxy groups -OCH3 is 1. The third-order valence-electron chi connectivity index (χ3n) is 2.71. The van der Waals surface area contributed by atoms with Crippen LogP contribution < -0.4 is 10.5 Å². The van der Waals surface area contributed by atoms with E-state index in [1.807, 2.05) is 31.2 Å². The summed E-state index contributed by atoms with van der Waals surface area (Å²) in [6, 6.07) is 7.80. The molecule has 0 spiro atoms. The van der Waals surface area contributed by atoms with Gasteiger partial charge in [-0.05, 0) is 37.7 Å². The van der Waals surface area contributed by atoms with Crippen LogP contribution in [0, 0.1) is 6.92 Å². The molecule has 100 valence electrons. The minimum Gasteiger partial charge on any atom is -0.496 e. The average molecular weight is 322 g/mol. The topological polar surface area (TPSA) is 61.0 Å². The molecular weight excluding hydrogens is 306 g/mol. The molecular formula is C14H16BrN3O. The van der Waals surface area contributed by atoms with E-state index in [9.17, 15) is 0 Å². The summed E-state index contributed by atoms with van der Waals surface area (Å²) in [6.07, 6.45) is 0.672. The van der Waals surface area contributed by atoms with Crippen molar-refractivity contribution in [2.45, 2.75) is 13.3 Å². The maximum absolute atomic E-state index is 5.57. The molecule has 1 aromatic carbocycles. The highest BCUT2D eigenvalue weighted by molar-refractivity contribution is 9.10. The zero-order chi connectivity index (χ0) is 13.8. The van der Waals surface area contributed by atoms with Gasteiger partial charge in [0.05, 0.1) is 12.8 Å². The molecule has 5 heteroatoms. The number of rotatable bonds is 4. The molecule has 4 nitrogen and oxygen atoms in total. The smallest absolute Gasteiger partial charge is 0.130 e. The predicted molar refractivity (Wildman–Crippen MR) is 79.2 cm³/mol. The van der Waals surface area contributed by atoms with Crippen LogP contribution in [0.15, 0.2) is 28.7 Å². The Labute approximate surface area is 121 Å². The van der Waals surface area contributed by atoms with E-state index in [1.165, 1.54) is 0 Å². The second kappa shape index (κ2) is 6.12. The van der Waals surface area contributed by atoms with E-state index in [1.54, 1.807) is 7.11 Å². The van der Waals surface area contributed by atoms with Crippen LogP contribution in [-0.4, -0.2) is 23.6 Å². The third kappa shape index (κ3) is 3.30. The third-order valence-corrected chi connectivity index (χ3v) is 3.20. The highest BCUT2D eigenvalue weighted by atomic mass is 79.9. The van der Waals surface area contributed by atoms with Gasteiger partial charge in [-0.15, -0.1) is 0 Å². The molecule has 2 aromatic rings. The zero-order valence-corrected chi connectivity index (χ0v) is 12.6. The van der Waals surface area contributed by atoms with Gasteiger partial charge in [0, 0.05) is 22.2 Å². The fraction of sp³-hybridized carbons (Fsp3) is 0.286. The molecule has 0 unspecified atom stereocenters. The van der Waals surface area contributed by atoms with Crippen molar-refractivity contribution in [3.63, 3.8) is 0 Å². The maximum atomic E-state index is 5.57. The summed E-state index contributed by atoms with van der Waals surface area (Å²) in [4.78, 5) is 8.93. The Morgan fingerprint density at radius 2 is 2.05 bits per heavy atom. The van der Waals surface area contributed by atoms with Crippen LogP contribution in [0.1, 0.15) is 11.5 Å². The van der Waals surface area contributed by atoms with E-state index in [2.05, 4.69) is 25.9 Å². The molecule has 2 N–H and O–H groups in total. The Hall–Kier alpha value is -1.46. The largest absolute Gasteiger partial charge is 0.496 e. The van der Waals surface area contributed by atoms with Crippen molar-refractivity contribution in [2.24, 2.45) is 5.73 Å². The van der Waals surface area contributed by atoms with Crippen LogP contribution in [0.2, 0.25) is 0 Å². The molecule has 0 bridgehead atoms. The van der Waals surface area contributed by atoms with Crippen molar-refractivity contribution in [3.8, 4) is 17.0 Å². The van der Waals surface area contributed by atoms with Gasteiger partial charge in [0.25, 0.3) is 0 Å². The molecule has 2 rings (SSSR count). The highest BCUT2D eigenvalue weighted by Crippen LogP contribution is 2.31. The fourth-order valence-corrected chi connectivity index (χ4v) is 2.25. The number of benzene rings is 1. The van der Waals surface area contributed by atoms with E-state index in [0.29, 0.717) is 13.0 Å². The lowest BCUT2D eigenvalue weighted by Crippen LogP contribution is -2.08. The Morgan fingerprint density at radius 3 is 2.74 bits per heavy atom. The molecule has 0 saturated heterocycles. The first-order chi connectivity index (χ1) is 9.13. The molecule has 0 saturated carbocycles. The van der Waals surface area contributed by atoms with Crippen molar-refractivity contribution >= 4 is 15.9 Å². The van der Waals surface area contributed by atoms with E-state index in [-0.39, 0.29) is 0 Å². The fourth-order valence-electron chi connectivity index (χ4n) is 1.89. The van der Waals surface area contributed by atoms with Gasteiger partial charge in [-0.3, -0.25) is 0 Å². The summed E-state index contributed by atoms with van der Waals surface area (Å²) in [5.41, 5.74) is 8.29. The van der Waals surface area contributed by atoms with Gasteiger partial charge in [-0.2, -0.15) is 0 Å². The Morgan fingerprint density at radius 1 is 1.26 bits per heavy atom. The first kappa shape index (κ1) is 14.0. The van der Waals surface area contributed by atoms with Crippen molar-refractivity contribution < 1.29 is 4.74 Å². The average Bonchev–Trinajstić information content (AvgIpc) is 2.38. The molecule has 0 radical (unpaired) electrons. The molecule has 1 aromatic heterocycles. The lowest BCUT2D eigenvalue weighted by Gasteiger charge is -2.10. The van der Waals surface area contributed by atoms with Gasteiger partial charge in [-0.25, -0.2) is 9.97 Å². The zero-order valence-electron chi connectivity index (χ0n) is 11.0. The number of aryl methyl sites for hydroxylation is 1. The minimum absolute atomic E-state index is 0.540. The molecule has 19 heavy (non-hydrogen) atoms. The van der Waals surface area contributed by atoms with Crippen LogP contribution in [0.25, 0.3) is 11.3 Å². The Balaban J connectivity index is 2.54. The van der Waals surface area contributed by atoms with Crippen LogP contribution in [0.4, 0.5) is 0 Å². The first-order valence-corrected chi connectivity index (χ1v) is 6.82. The SMILES string of the molecule is COc1ccc(Br)cc1-c1cc(C)nc(CCN)n1. The normalized spacial score (nSPS) is 10.5. The molecule has 1 heterocycles. The number of ether oxygens (including phenoxy) is 1. The van der Waals surface area contributed by atoms with Gasteiger partial charge >= 0.3 is 0 Å². The van der Waals surface area contributed by atoms with Crippen molar-refractivity contribution in [2.75, 3.05) is 13.7 Å². The van der Waals surface area contributed by atoms with E-state index >= 15 is 0 Å².